The van der Waals surface area contributed by atoms with Crippen LogP contribution in [0.1, 0.15) is 189 Å². The van der Waals surface area contributed by atoms with Crippen LogP contribution in [0.3, 0.4) is 0 Å². The van der Waals surface area contributed by atoms with Crippen LogP contribution in [0.25, 0.3) is 33.1 Å². The van der Waals surface area contributed by atoms with Crippen molar-refractivity contribution in [2.45, 2.75) is 184 Å². The lowest BCUT2D eigenvalue weighted by molar-refractivity contribution is -0.121. The van der Waals surface area contributed by atoms with Crippen LogP contribution in [0, 0.1) is 40.8 Å². The first-order chi connectivity index (χ1) is 43.4. The minimum atomic E-state index is -0.161. The Kier molecular flexibility index (Phi) is 24.8. The topological polar surface area (TPSA) is 184 Å². The molecule has 8 heterocycles. The van der Waals surface area contributed by atoms with E-state index in [1.165, 1.54) is 109 Å². The molecule has 2 fully saturated rings. The molecule has 0 spiro atoms. The standard InChI is InChI=1S/C68H84N8O4S10/c1-9-17-21-23-27-39(25-19-11-3)33-41-35-49(85-47(41)37-43-29-31-45(83-43)57-61(77)73(13-5)65(87-57)59-63(79)75(15-7)67(81)89-59)51-53(69)55(71)52(56(72)54(51)70)50-36-42(34-40(26-20-12-4)28-24-22-18-10-2)48(86-50)38-44-30-32-46(84-44)58-62(78)74(14-6)66(88-58)60-64(80)76(16-8)68(82)90-60/h29-32,35-40,69,71H,9-28,33-34,70,72H2,1-8H3/b43-37+,44-38+,57-45+,58-46+,65-59+,66-60+,69-53?,71-55?. The van der Waals surface area contributed by atoms with Gasteiger partial charge in [-0.25, -0.2) is 0 Å². The van der Waals surface area contributed by atoms with Gasteiger partial charge in [-0.1, -0.05) is 178 Å². The minimum Gasteiger partial charge on any atom is -0.396 e. The number of aromatic nitrogens is 2. The summed E-state index contributed by atoms with van der Waals surface area (Å²) in [5, 5.41) is 19.8. The molecule has 6 N–H and O–H groups in total. The number of thiophene rings is 4. The quantitative estimate of drug-likeness (QED) is 0.0209. The summed E-state index contributed by atoms with van der Waals surface area (Å²) in [4.78, 5) is 63.1. The molecule has 6 aromatic heterocycles. The van der Waals surface area contributed by atoms with Gasteiger partial charge in [0.15, 0.2) is 0 Å². The van der Waals surface area contributed by atoms with E-state index in [4.69, 9.17) is 35.9 Å². The van der Waals surface area contributed by atoms with Gasteiger partial charge in [0.2, 0.25) is 0 Å². The van der Waals surface area contributed by atoms with Crippen molar-refractivity contribution >= 4 is 181 Å². The third-order valence-corrected chi connectivity index (χ3v) is 27.2. The number of amides is 2. The zero-order valence-electron chi connectivity index (χ0n) is 53.0. The van der Waals surface area contributed by atoms with Crippen LogP contribution < -0.4 is 41.0 Å². The summed E-state index contributed by atoms with van der Waals surface area (Å²) in [6.07, 6.45) is 24.7. The van der Waals surface area contributed by atoms with E-state index in [1.807, 2.05) is 39.8 Å². The average molecular weight is 1400 g/mol. The molecular weight excluding hydrogens is 1310 g/mol. The van der Waals surface area contributed by atoms with Crippen molar-refractivity contribution in [1.82, 2.24) is 18.9 Å². The Morgan fingerprint density at radius 3 is 1.21 bits per heavy atom. The SMILES string of the molecule is CCCCCCC(CCCC)Cc1cc(C2=C(N)C(N)=C(c3cc(CC(CCCC)CCCCCC)c(/C=c4\cc/c(=c5\s/c(=C6/SC(=S)N(CC)C6=O)n(CC)c5=O)s4)s3)C(=N)C2=N)sc1/C=c1\cc/c(=c2\s/c(=C3/SC(=S)N(CC)C3=O)n(CC)c2=O)s1. The molecule has 0 radical (unpaired) electrons. The number of hydrogen-bond donors (Lipinski definition) is 4. The zero-order chi connectivity index (χ0) is 64.5. The van der Waals surface area contributed by atoms with Crippen molar-refractivity contribution in [3.63, 3.8) is 0 Å². The van der Waals surface area contributed by atoms with Crippen molar-refractivity contribution in [2.24, 2.45) is 23.3 Å². The maximum Gasteiger partial charge on any atom is 0.270 e. The van der Waals surface area contributed by atoms with Crippen molar-refractivity contribution in [2.75, 3.05) is 13.1 Å². The van der Waals surface area contributed by atoms with E-state index in [9.17, 15) is 30.0 Å². The second kappa shape index (κ2) is 32.0. The maximum absolute atomic E-state index is 14.1. The second-order valence-corrected chi connectivity index (χ2v) is 32.9. The van der Waals surface area contributed by atoms with Gasteiger partial charge >= 0.3 is 0 Å². The lowest BCUT2D eigenvalue weighted by Gasteiger charge is -2.22. The van der Waals surface area contributed by atoms with Gasteiger partial charge in [-0.15, -0.1) is 68.0 Å². The smallest absolute Gasteiger partial charge is 0.270 e. The first kappa shape index (κ1) is 69.7. The summed E-state index contributed by atoms with van der Waals surface area (Å²) in [6, 6.07) is 12.5. The van der Waals surface area contributed by atoms with Crippen LogP contribution in [0.5, 0.6) is 0 Å². The normalized spacial score (nSPS) is 18.2. The molecule has 22 heteroatoms. The van der Waals surface area contributed by atoms with Crippen LogP contribution in [0.2, 0.25) is 0 Å². The number of thiocarbonyl (C=S) groups is 2. The summed E-state index contributed by atoms with van der Waals surface area (Å²) >= 11 is 22.6. The second-order valence-electron chi connectivity index (χ2n) is 23.2. The molecule has 6 aromatic rings. The molecule has 480 valence electrons. The van der Waals surface area contributed by atoms with Crippen molar-refractivity contribution < 1.29 is 9.59 Å². The molecule has 2 atom stereocenters. The van der Waals surface area contributed by atoms with Gasteiger partial charge in [-0.3, -0.25) is 48.9 Å². The summed E-state index contributed by atoms with van der Waals surface area (Å²) in [6.45, 7) is 18.4. The van der Waals surface area contributed by atoms with Gasteiger partial charge in [0.25, 0.3) is 22.9 Å². The van der Waals surface area contributed by atoms with Crippen LogP contribution in [-0.4, -0.2) is 63.9 Å². The van der Waals surface area contributed by atoms with E-state index in [0.717, 1.165) is 102 Å². The lowest BCUT2D eigenvalue weighted by Crippen LogP contribution is -2.31. The summed E-state index contributed by atoms with van der Waals surface area (Å²) in [5.74, 6) is 0.597. The Morgan fingerprint density at radius 1 is 0.489 bits per heavy atom. The minimum absolute atomic E-state index is 0.0325. The molecule has 90 heavy (non-hydrogen) atoms. The van der Waals surface area contributed by atoms with Crippen molar-refractivity contribution in [3.8, 4) is 0 Å². The third kappa shape index (κ3) is 15.1. The number of nitrogens with zero attached hydrogens (tertiary/aromatic N) is 4. The van der Waals surface area contributed by atoms with Crippen molar-refractivity contribution in [3.05, 3.63) is 136 Å². The van der Waals surface area contributed by atoms with Crippen LogP contribution in [0.15, 0.2) is 57.4 Å². The molecule has 2 aliphatic heterocycles. The average Bonchev–Trinajstić information content (AvgIpc) is 1.48. The van der Waals surface area contributed by atoms with Crippen LogP contribution >= 0.6 is 116 Å². The molecule has 0 bridgehead atoms. The Bertz CT molecular complexity index is 4130. The first-order valence-corrected chi connectivity index (χ1v) is 39.4. The number of carbonyl (C=O) groups excluding carboxylic acids is 2. The summed E-state index contributed by atoms with van der Waals surface area (Å²) < 4.78 is 10.4. The summed E-state index contributed by atoms with van der Waals surface area (Å²) in [5.41, 5.74) is 18.2. The Hall–Kier alpha value is -4.62. The van der Waals surface area contributed by atoms with Gasteiger partial charge in [-0.05, 0) is 112 Å². The Morgan fingerprint density at radius 2 is 0.867 bits per heavy atom. The predicted molar refractivity (Wildman–Crippen MR) is 397 cm³/mol. The number of thioether (sulfide) groups is 2. The lowest BCUT2D eigenvalue weighted by atomic mass is 9.86. The van der Waals surface area contributed by atoms with Gasteiger partial charge in [0.1, 0.15) is 36.8 Å². The van der Waals surface area contributed by atoms with E-state index in [1.54, 1.807) is 64.3 Å². The van der Waals surface area contributed by atoms with Gasteiger partial charge in [0, 0.05) is 65.9 Å². The highest BCUT2D eigenvalue weighted by molar-refractivity contribution is 8.30. The number of nitrogens with one attached hydrogen (secondary N) is 2. The number of hydrogen-bond acceptors (Lipinski definition) is 18. The van der Waals surface area contributed by atoms with Crippen molar-refractivity contribution in [1.29, 1.82) is 10.8 Å². The zero-order valence-corrected chi connectivity index (χ0v) is 61.2. The molecule has 1 aliphatic carbocycles. The Balaban J connectivity index is 1.16. The fraction of sp³-hybridized carbons (Fsp3) is 0.471. The largest absolute Gasteiger partial charge is 0.396 e. The number of thiazole rings is 2. The highest BCUT2D eigenvalue weighted by Crippen LogP contribution is 2.42. The number of rotatable bonds is 28. The van der Waals surface area contributed by atoms with Crippen LogP contribution in [-0.2, 0) is 35.5 Å². The van der Waals surface area contributed by atoms with E-state index in [-0.39, 0.29) is 34.4 Å². The number of allylic oxidation sites excluding steroid dienone is 2. The highest BCUT2D eigenvalue weighted by Gasteiger charge is 2.36. The molecule has 0 saturated carbocycles. The van der Waals surface area contributed by atoms with Crippen LogP contribution in [0.4, 0.5) is 0 Å². The molecule has 2 saturated heterocycles. The van der Waals surface area contributed by atoms with E-state index in [2.05, 4.69) is 64.1 Å². The fourth-order valence-corrected chi connectivity index (χ4v) is 22.2. The molecule has 2 unspecified atom stereocenters. The third-order valence-electron chi connectivity index (χ3n) is 17.0. The fourth-order valence-electron chi connectivity index (χ4n) is 12.0. The monoisotopic (exact) mass is 1400 g/mol. The van der Waals surface area contributed by atoms with E-state index < -0.39 is 0 Å². The van der Waals surface area contributed by atoms with Gasteiger partial charge in [-0.2, -0.15) is 0 Å². The number of nitrogens with two attached hydrogens (primary N) is 2. The molecule has 9 rings (SSSR count). The van der Waals surface area contributed by atoms with Gasteiger partial charge < -0.3 is 11.5 Å². The molecule has 12 nitrogen and oxygen atoms in total. The number of unbranched alkanes of at least 4 members (excludes halogenated alkanes) is 8. The molecule has 0 aromatic carbocycles. The molecule has 2 amide bonds. The maximum atomic E-state index is 14.1. The van der Waals surface area contributed by atoms with E-state index in [0.29, 0.717) is 97.4 Å². The first-order valence-electron chi connectivity index (χ1n) is 32.1. The molecule has 3 aliphatic rings. The highest BCUT2D eigenvalue weighted by atomic mass is 32.2. The Labute approximate surface area is 571 Å². The molecular formula is C68H84N8O4S10. The van der Waals surface area contributed by atoms with Gasteiger partial charge in [0.05, 0.1) is 31.9 Å². The number of carbonyl (C=O) groups is 2. The summed E-state index contributed by atoms with van der Waals surface area (Å²) in [7, 11) is 0. The van der Waals surface area contributed by atoms with E-state index >= 15 is 0 Å². The predicted octanol–water partition coefficient (Wildman–Crippen LogP) is 14.4.